The van der Waals surface area contributed by atoms with E-state index in [1.165, 1.54) is 0 Å². The molecule has 0 heterocycles. The third kappa shape index (κ3) is 7.64. The number of nitrogens with zero attached hydrogens (tertiary/aromatic N) is 2. The van der Waals surface area contributed by atoms with Crippen LogP contribution in [0.1, 0.15) is 84.7 Å². The van der Waals surface area contributed by atoms with Gasteiger partial charge in [0.15, 0.2) is 8.45 Å². The molecule has 0 aromatic heterocycles. The van der Waals surface area contributed by atoms with Crippen LogP contribution in [0.4, 0.5) is 0 Å². The number of rotatable bonds is 12. The van der Waals surface area contributed by atoms with Crippen LogP contribution in [0.25, 0.3) is 0 Å². The second kappa shape index (κ2) is 12.6. The molecule has 1 aromatic rings. The lowest BCUT2D eigenvalue weighted by Crippen LogP contribution is -2.43. The minimum atomic E-state index is -0.997. The zero-order valence-electron chi connectivity index (χ0n) is 19.8. The molecule has 0 fully saturated rings. The van der Waals surface area contributed by atoms with E-state index in [1.807, 2.05) is 31.2 Å². The van der Waals surface area contributed by atoms with E-state index in [2.05, 4.69) is 64.7 Å². The van der Waals surface area contributed by atoms with Crippen molar-refractivity contribution >= 4 is 14.4 Å². The van der Waals surface area contributed by atoms with Gasteiger partial charge in [0.25, 0.3) is 0 Å². The van der Waals surface area contributed by atoms with Gasteiger partial charge in [-0.15, -0.1) is 0 Å². The first-order chi connectivity index (χ1) is 13.6. The van der Waals surface area contributed by atoms with E-state index < -0.39 is 8.45 Å². The Kier molecular flexibility index (Phi) is 11.3. The second-order valence-electron chi connectivity index (χ2n) is 8.45. The standard InChI is InChI=1S/C23H41N2O3P/c1-10-15-27-23(26)22-14-12-11-13-21(22)16-28-29(24(17(2)3)18(4)5)25(19(6)7)20(8)9/h11-14,17-20H,10,15-16H2,1-9H3. The SMILES string of the molecule is CCCOC(=O)c1ccccc1COP(N(C(C)C)C(C)C)N(C(C)C)C(C)C. The molecule has 5 nitrogen and oxygen atoms in total. The molecule has 0 aliphatic carbocycles. The van der Waals surface area contributed by atoms with Crippen LogP contribution in [0, 0.1) is 0 Å². The Morgan fingerprint density at radius 1 is 0.897 bits per heavy atom. The Morgan fingerprint density at radius 3 is 1.83 bits per heavy atom. The third-order valence-corrected chi connectivity index (χ3v) is 7.52. The summed E-state index contributed by atoms with van der Waals surface area (Å²) in [5, 5.41) is 0. The minimum absolute atomic E-state index is 0.274. The number of carbonyl (C=O) groups excluding carboxylic acids is 1. The van der Waals surface area contributed by atoms with Crippen molar-refractivity contribution in [1.82, 2.24) is 9.34 Å². The first-order valence-corrected chi connectivity index (χ1v) is 12.0. The summed E-state index contributed by atoms with van der Waals surface area (Å²) in [6, 6.07) is 9.01. The van der Waals surface area contributed by atoms with Gasteiger partial charge in [-0.3, -0.25) is 0 Å². The van der Waals surface area contributed by atoms with Gasteiger partial charge in [0.05, 0.1) is 18.8 Å². The van der Waals surface area contributed by atoms with Gasteiger partial charge in [-0.05, 0) is 73.4 Å². The lowest BCUT2D eigenvalue weighted by atomic mass is 10.1. The molecule has 0 saturated carbocycles. The minimum Gasteiger partial charge on any atom is -0.462 e. The summed E-state index contributed by atoms with van der Waals surface area (Å²) in [4.78, 5) is 12.5. The van der Waals surface area contributed by atoms with Gasteiger partial charge in [0.1, 0.15) is 0 Å². The van der Waals surface area contributed by atoms with Gasteiger partial charge >= 0.3 is 5.97 Å². The zero-order valence-corrected chi connectivity index (χ0v) is 20.7. The number of benzene rings is 1. The Morgan fingerprint density at radius 2 is 1.38 bits per heavy atom. The fraction of sp³-hybridized carbons (Fsp3) is 0.696. The van der Waals surface area contributed by atoms with E-state index in [-0.39, 0.29) is 5.97 Å². The highest BCUT2D eigenvalue weighted by molar-refractivity contribution is 7.47. The molecule has 0 spiro atoms. The highest BCUT2D eigenvalue weighted by Crippen LogP contribution is 2.51. The van der Waals surface area contributed by atoms with E-state index in [1.54, 1.807) is 0 Å². The van der Waals surface area contributed by atoms with Crippen LogP contribution in [-0.4, -0.2) is 46.1 Å². The number of esters is 1. The molecule has 0 bridgehead atoms. The molecule has 0 amide bonds. The molecule has 1 aromatic carbocycles. The van der Waals surface area contributed by atoms with Crippen molar-refractivity contribution in [3.05, 3.63) is 35.4 Å². The maximum absolute atomic E-state index is 12.5. The average molecular weight is 425 g/mol. The molecule has 0 radical (unpaired) electrons. The third-order valence-electron chi connectivity index (χ3n) is 4.52. The van der Waals surface area contributed by atoms with Crippen LogP contribution in [0.3, 0.4) is 0 Å². The fourth-order valence-electron chi connectivity index (χ4n) is 3.48. The number of hydrogen-bond acceptors (Lipinski definition) is 5. The van der Waals surface area contributed by atoms with Crippen molar-refractivity contribution in [1.29, 1.82) is 0 Å². The molecule has 29 heavy (non-hydrogen) atoms. The predicted molar refractivity (Wildman–Crippen MR) is 123 cm³/mol. The molecule has 0 atom stereocenters. The maximum atomic E-state index is 12.5. The Labute approximate surface area is 179 Å². The molecular formula is C23H41N2O3P. The van der Waals surface area contributed by atoms with Crippen LogP contribution in [-0.2, 0) is 15.9 Å². The highest BCUT2D eigenvalue weighted by atomic mass is 31.2. The van der Waals surface area contributed by atoms with E-state index in [0.717, 1.165) is 12.0 Å². The maximum Gasteiger partial charge on any atom is 0.338 e. The van der Waals surface area contributed by atoms with Gasteiger partial charge < -0.3 is 9.26 Å². The number of ether oxygens (including phenoxy) is 1. The monoisotopic (exact) mass is 424 g/mol. The molecule has 0 unspecified atom stereocenters. The van der Waals surface area contributed by atoms with E-state index in [4.69, 9.17) is 9.26 Å². The van der Waals surface area contributed by atoms with E-state index in [0.29, 0.717) is 42.9 Å². The molecule has 0 aliphatic rings. The van der Waals surface area contributed by atoms with Crippen molar-refractivity contribution in [3.8, 4) is 0 Å². The number of carbonyl (C=O) groups is 1. The topological polar surface area (TPSA) is 42.0 Å². The van der Waals surface area contributed by atoms with Crippen molar-refractivity contribution in [2.75, 3.05) is 6.61 Å². The van der Waals surface area contributed by atoms with Crippen LogP contribution < -0.4 is 0 Å². The van der Waals surface area contributed by atoms with Crippen molar-refractivity contribution in [2.45, 2.75) is 99.5 Å². The molecule has 1 rings (SSSR count). The molecule has 0 aliphatic heterocycles. The largest absolute Gasteiger partial charge is 0.462 e. The molecular weight excluding hydrogens is 383 g/mol. The molecule has 6 heteroatoms. The van der Waals surface area contributed by atoms with Crippen molar-refractivity contribution in [3.63, 3.8) is 0 Å². The first-order valence-electron chi connectivity index (χ1n) is 10.9. The van der Waals surface area contributed by atoms with Crippen molar-refractivity contribution < 1.29 is 14.1 Å². The summed E-state index contributed by atoms with van der Waals surface area (Å²) in [6.45, 7) is 20.5. The summed E-state index contributed by atoms with van der Waals surface area (Å²) >= 11 is 0. The summed E-state index contributed by atoms with van der Waals surface area (Å²) in [5.74, 6) is -0.274. The Bertz CT molecular complexity index is 584. The Hall–Kier alpha value is -1.00. The lowest BCUT2D eigenvalue weighted by Gasteiger charge is -2.45. The highest BCUT2D eigenvalue weighted by Gasteiger charge is 2.34. The normalized spacial score (nSPS) is 12.4. The quantitative estimate of drug-likeness (QED) is 0.294. The van der Waals surface area contributed by atoms with Gasteiger partial charge in [-0.2, -0.15) is 0 Å². The van der Waals surface area contributed by atoms with Crippen LogP contribution in [0.2, 0.25) is 0 Å². The average Bonchev–Trinajstić information content (AvgIpc) is 2.63. The Balaban J connectivity index is 3.17. The summed E-state index contributed by atoms with van der Waals surface area (Å²) in [7, 11) is -0.997. The second-order valence-corrected chi connectivity index (χ2v) is 10.1. The first kappa shape index (κ1) is 26.0. The number of hydrogen-bond donors (Lipinski definition) is 0. The van der Waals surface area contributed by atoms with Crippen molar-refractivity contribution in [2.24, 2.45) is 0 Å². The van der Waals surface area contributed by atoms with Crippen LogP contribution in [0.5, 0.6) is 0 Å². The molecule has 0 saturated heterocycles. The predicted octanol–water partition coefficient (Wildman–Crippen LogP) is 6.23. The fourth-order valence-corrected chi connectivity index (χ4v) is 5.82. The molecule has 166 valence electrons. The summed E-state index contributed by atoms with van der Waals surface area (Å²) < 4.78 is 16.9. The van der Waals surface area contributed by atoms with Crippen LogP contribution >= 0.6 is 8.45 Å². The summed E-state index contributed by atoms with van der Waals surface area (Å²) in [6.07, 6.45) is 0.811. The van der Waals surface area contributed by atoms with Gasteiger partial charge in [0.2, 0.25) is 0 Å². The smallest absolute Gasteiger partial charge is 0.338 e. The van der Waals surface area contributed by atoms with Gasteiger partial charge in [-0.25, -0.2) is 14.1 Å². The lowest BCUT2D eigenvalue weighted by molar-refractivity contribution is 0.0501. The van der Waals surface area contributed by atoms with E-state index >= 15 is 0 Å². The summed E-state index contributed by atoms with van der Waals surface area (Å²) in [5.41, 5.74) is 1.47. The molecule has 0 N–H and O–H groups in total. The van der Waals surface area contributed by atoms with Gasteiger partial charge in [0, 0.05) is 24.2 Å². The zero-order chi connectivity index (χ0) is 22.1. The van der Waals surface area contributed by atoms with Gasteiger partial charge in [-0.1, -0.05) is 25.1 Å². The van der Waals surface area contributed by atoms with Crippen LogP contribution in [0.15, 0.2) is 24.3 Å². The van der Waals surface area contributed by atoms with E-state index in [9.17, 15) is 4.79 Å².